The molecule has 0 aromatic rings. The van der Waals surface area contributed by atoms with Gasteiger partial charge in [-0.3, -0.25) is 4.79 Å². The van der Waals surface area contributed by atoms with Crippen LogP contribution in [0, 0.1) is 11.8 Å². The van der Waals surface area contributed by atoms with Gasteiger partial charge in [0.25, 0.3) is 5.92 Å². The maximum absolute atomic E-state index is 13.1. The second-order valence-electron chi connectivity index (χ2n) is 4.33. The van der Waals surface area contributed by atoms with Crippen molar-refractivity contribution in [1.29, 1.82) is 0 Å². The topological polar surface area (TPSA) is 37.3 Å². The van der Waals surface area contributed by atoms with Crippen LogP contribution in [0.2, 0.25) is 0 Å². The molecule has 15 heavy (non-hydrogen) atoms. The molecule has 0 bridgehead atoms. The van der Waals surface area contributed by atoms with Crippen LogP contribution in [0.5, 0.6) is 0 Å². The van der Waals surface area contributed by atoms with E-state index in [2.05, 4.69) is 6.92 Å². The lowest BCUT2D eigenvalue weighted by molar-refractivity contribution is -0.138. The molecule has 0 aromatic heterocycles. The average Bonchev–Trinajstić information content (AvgIpc) is 2.62. The van der Waals surface area contributed by atoms with Gasteiger partial charge in [-0.2, -0.15) is 0 Å². The molecule has 0 aromatic carbocycles. The molecule has 0 aliphatic heterocycles. The molecule has 1 rings (SSSR count). The van der Waals surface area contributed by atoms with E-state index in [0.29, 0.717) is 6.42 Å². The number of carboxylic acids is 1. The molecule has 88 valence electrons. The third-order valence-corrected chi connectivity index (χ3v) is 3.13. The Morgan fingerprint density at radius 1 is 1.27 bits per heavy atom. The minimum atomic E-state index is -2.72. The molecular weight excluding hydrogens is 202 g/mol. The van der Waals surface area contributed by atoms with Crippen molar-refractivity contribution in [3.63, 3.8) is 0 Å². The number of carbonyl (C=O) groups is 1. The quantitative estimate of drug-likeness (QED) is 0.668. The lowest BCUT2D eigenvalue weighted by Crippen LogP contribution is -2.01. The highest BCUT2D eigenvalue weighted by molar-refractivity contribution is 5.68. The molecule has 1 fully saturated rings. The molecule has 0 heterocycles. The predicted octanol–water partition coefficient (Wildman–Crippen LogP) is 3.31. The Morgan fingerprint density at radius 3 is 2.47 bits per heavy atom. The number of carboxylic acid groups (broad SMARTS) is 1. The number of hydrogen-bond donors (Lipinski definition) is 1. The van der Waals surface area contributed by atoms with E-state index in [4.69, 9.17) is 5.11 Å². The van der Waals surface area contributed by atoms with Gasteiger partial charge in [0.05, 0.1) is 6.42 Å². The van der Waals surface area contributed by atoms with Gasteiger partial charge >= 0.3 is 5.97 Å². The molecule has 0 saturated heterocycles. The Bertz CT molecular complexity index is 229. The molecule has 1 aliphatic rings. The van der Waals surface area contributed by atoms with E-state index >= 15 is 0 Å². The molecule has 0 radical (unpaired) electrons. The summed E-state index contributed by atoms with van der Waals surface area (Å²) in [6.45, 7) is 2.07. The van der Waals surface area contributed by atoms with E-state index in [1.807, 2.05) is 0 Å². The number of unbranched alkanes of at least 4 members (excludes halogenated alkanes) is 3. The highest BCUT2D eigenvalue weighted by Gasteiger charge is 2.67. The minimum Gasteiger partial charge on any atom is -0.481 e. The Labute approximate surface area is 88.7 Å². The molecule has 1 saturated carbocycles. The summed E-state index contributed by atoms with van der Waals surface area (Å²) in [4.78, 5) is 10.3. The van der Waals surface area contributed by atoms with Crippen molar-refractivity contribution in [1.82, 2.24) is 0 Å². The fourth-order valence-electron chi connectivity index (χ4n) is 2.11. The number of halogens is 2. The maximum Gasteiger partial charge on any atom is 0.303 e. The average molecular weight is 220 g/mol. The highest BCUT2D eigenvalue weighted by atomic mass is 19.3. The molecule has 1 aliphatic carbocycles. The first-order valence-corrected chi connectivity index (χ1v) is 5.59. The zero-order valence-corrected chi connectivity index (χ0v) is 9.01. The third-order valence-electron chi connectivity index (χ3n) is 3.13. The summed E-state index contributed by atoms with van der Waals surface area (Å²) in [6, 6.07) is 0. The van der Waals surface area contributed by atoms with E-state index in [1.165, 1.54) is 0 Å². The van der Waals surface area contributed by atoms with Gasteiger partial charge < -0.3 is 5.11 Å². The van der Waals surface area contributed by atoms with Gasteiger partial charge in [-0.25, -0.2) is 8.78 Å². The highest BCUT2D eigenvalue weighted by Crippen LogP contribution is 2.59. The molecule has 0 amide bonds. The fourth-order valence-corrected chi connectivity index (χ4v) is 2.11. The smallest absolute Gasteiger partial charge is 0.303 e. The zero-order valence-electron chi connectivity index (χ0n) is 9.01. The summed E-state index contributed by atoms with van der Waals surface area (Å²) in [5, 5.41) is 8.45. The standard InChI is InChI=1S/C11H18F2O2/c1-2-3-4-5-6-8-9(7-10(14)15)11(8,12)13/h8-9H,2-7H2,1H3,(H,14,15). The second kappa shape index (κ2) is 4.90. The van der Waals surface area contributed by atoms with Crippen LogP contribution in [0.3, 0.4) is 0 Å². The van der Waals surface area contributed by atoms with Crippen LogP contribution >= 0.6 is 0 Å². The van der Waals surface area contributed by atoms with E-state index in [9.17, 15) is 13.6 Å². The largest absolute Gasteiger partial charge is 0.481 e. The monoisotopic (exact) mass is 220 g/mol. The summed E-state index contributed by atoms with van der Waals surface area (Å²) >= 11 is 0. The van der Waals surface area contributed by atoms with Gasteiger partial charge in [-0.1, -0.05) is 32.6 Å². The van der Waals surface area contributed by atoms with Crippen molar-refractivity contribution in [2.75, 3.05) is 0 Å². The Balaban J connectivity index is 2.22. The van der Waals surface area contributed by atoms with E-state index < -0.39 is 23.7 Å². The summed E-state index contributed by atoms with van der Waals surface area (Å²) in [5.41, 5.74) is 0. The van der Waals surface area contributed by atoms with Crippen LogP contribution in [0.25, 0.3) is 0 Å². The first kappa shape index (κ1) is 12.4. The van der Waals surface area contributed by atoms with E-state index in [1.54, 1.807) is 0 Å². The SMILES string of the molecule is CCCCCCC1C(CC(=O)O)C1(F)F. The minimum absolute atomic E-state index is 0.383. The van der Waals surface area contributed by atoms with Crippen molar-refractivity contribution in [3.05, 3.63) is 0 Å². The van der Waals surface area contributed by atoms with Gasteiger partial charge in [-0.15, -0.1) is 0 Å². The molecule has 4 heteroatoms. The molecular formula is C11H18F2O2. The maximum atomic E-state index is 13.1. The van der Waals surface area contributed by atoms with Crippen molar-refractivity contribution >= 4 is 5.97 Å². The van der Waals surface area contributed by atoms with E-state index in [0.717, 1.165) is 25.7 Å². The summed E-state index contributed by atoms with van der Waals surface area (Å²) in [6.07, 6.45) is 4.02. The van der Waals surface area contributed by atoms with Gasteiger partial charge in [-0.05, 0) is 6.42 Å². The number of aliphatic carboxylic acids is 1. The van der Waals surface area contributed by atoms with Crippen LogP contribution < -0.4 is 0 Å². The summed E-state index contributed by atoms with van der Waals surface area (Å²) < 4.78 is 26.1. The predicted molar refractivity (Wildman–Crippen MR) is 52.9 cm³/mol. The lowest BCUT2D eigenvalue weighted by atomic mass is 10.1. The van der Waals surface area contributed by atoms with Crippen molar-refractivity contribution in [2.24, 2.45) is 11.8 Å². The fraction of sp³-hybridized carbons (Fsp3) is 0.909. The first-order chi connectivity index (χ1) is 7.00. The Hall–Kier alpha value is -0.670. The second-order valence-corrected chi connectivity index (χ2v) is 4.33. The number of rotatable bonds is 7. The van der Waals surface area contributed by atoms with Crippen LogP contribution in [0.4, 0.5) is 8.78 Å². The molecule has 0 spiro atoms. The van der Waals surface area contributed by atoms with Gasteiger partial charge in [0, 0.05) is 11.8 Å². The van der Waals surface area contributed by atoms with Gasteiger partial charge in [0.15, 0.2) is 0 Å². The van der Waals surface area contributed by atoms with E-state index in [-0.39, 0.29) is 6.42 Å². The molecule has 2 nitrogen and oxygen atoms in total. The molecule has 1 N–H and O–H groups in total. The summed E-state index contributed by atoms with van der Waals surface area (Å²) in [7, 11) is 0. The zero-order chi connectivity index (χ0) is 11.5. The third kappa shape index (κ3) is 3.14. The van der Waals surface area contributed by atoms with Crippen LogP contribution in [-0.4, -0.2) is 17.0 Å². The molecule has 2 unspecified atom stereocenters. The lowest BCUT2D eigenvalue weighted by Gasteiger charge is -1.97. The number of hydrogen-bond acceptors (Lipinski definition) is 1. The number of alkyl halides is 2. The van der Waals surface area contributed by atoms with Gasteiger partial charge in [0.2, 0.25) is 0 Å². The molecule has 2 atom stereocenters. The van der Waals surface area contributed by atoms with Gasteiger partial charge in [0.1, 0.15) is 0 Å². The van der Waals surface area contributed by atoms with Crippen molar-refractivity contribution < 1.29 is 18.7 Å². The Morgan fingerprint density at radius 2 is 1.93 bits per heavy atom. The van der Waals surface area contributed by atoms with Crippen molar-refractivity contribution in [2.45, 2.75) is 51.4 Å². The normalized spacial score (nSPS) is 27.7. The van der Waals surface area contributed by atoms with Crippen molar-refractivity contribution in [3.8, 4) is 0 Å². The Kier molecular flexibility index (Phi) is 4.05. The first-order valence-electron chi connectivity index (χ1n) is 5.59. The van der Waals surface area contributed by atoms with Crippen LogP contribution in [0.15, 0.2) is 0 Å². The summed E-state index contributed by atoms with van der Waals surface area (Å²) in [5.74, 6) is -5.41. The van der Waals surface area contributed by atoms with Crippen LogP contribution in [-0.2, 0) is 4.79 Å². The van der Waals surface area contributed by atoms with Crippen LogP contribution in [0.1, 0.15) is 45.4 Å².